The zero-order valence-corrected chi connectivity index (χ0v) is 16.1. The van der Waals surface area contributed by atoms with Gasteiger partial charge < -0.3 is 14.6 Å². The summed E-state index contributed by atoms with van der Waals surface area (Å²) in [4.78, 5) is 18.8. The Labute approximate surface area is 158 Å². The number of phenolic OH excluding ortho intramolecular Hbond substituents is 1. The summed E-state index contributed by atoms with van der Waals surface area (Å²) in [6, 6.07) is 3.25. The van der Waals surface area contributed by atoms with Crippen molar-refractivity contribution in [3.63, 3.8) is 0 Å². The molecule has 2 aromatic rings. The topological polar surface area (TPSA) is 97.1 Å². The maximum atomic E-state index is 12.5. The van der Waals surface area contributed by atoms with E-state index in [4.69, 9.17) is 9.47 Å². The second-order valence-corrected chi connectivity index (χ2v) is 7.42. The van der Waals surface area contributed by atoms with E-state index in [9.17, 15) is 9.90 Å². The number of thioether (sulfide) groups is 1. The van der Waals surface area contributed by atoms with E-state index in [1.165, 1.54) is 42.2 Å². The van der Waals surface area contributed by atoms with E-state index in [0.29, 0.717) is 20.8 Å². The summed E-state index contributed by atoms with van der Waals surface area (Å²) >= 11 is 2.59. The first-order valence-corrected chi connectivity index (χ1v) is 9.07. The highest BCUT2D eigenvalue weighted by molar-refractivity contribution is 8.18. The molecule has 1 aliphatic rings. The van der Waals surface area contributed by atoms with Crippen LogP contribution in [0.5, 0.6) is 17.2 Å². The number of aromatic nitrogens is 2. The van der Waals surface area contributed by atoms with Crippen molar-refractivity contribution in [2.24, 2.45) is 4.99 Å². The lowest BCUT2D eigenvalue weighted by atomic mass is 10.1. The summed E-state index contributed by atoms with van der Waals surface area (Å²) in [5.41, 5.74) is 0.661. The lowest BCUT2D eigenvalue weighted by Gasteiger charge is -2.09. The second-order valence-electron chi connectivity index (χ2n) is 5.25. The van der Waals surface area contributed by atoms with Crippen LogP contribution in [0, 0.1) is 6.92 Å². The van der Waals surface area contributed by atoms with Crippen molar-refractivity contribution in [1.29, 1.82) is 0 Å². The number of aryl methyl sites for hydroxylation is 1. The number of benzene rings is 1. The Morgan fingerprint density at radius 1 is 1.23 bits per heavy atom. The third-order valence-corrected chi connectivity index (χ3v) is 5.30. The molecule has 0 radical (unpaired) electrons. The van der Waals surface area contributed by atoms with Crippen molar-refractivity contribution in [3.05, 3.63) is 27.6 Å². The zero-order chi connectivity index (χ0) is 18.8. The number of hydrogen-bond donors (Lipinski definition) is 1. The second kappa shape index (κ2) is 7.34. The first kappa shape index (κ1) is 18.2. The SMILES string of the molecule is COc1cc(/C=C2\S/C(=N/c3nnc(C)s3)N(C)C2=O)cc(OC)c1O. The number of methoxy groups -OCH3 is 2. The van der Waals surface area contributed by atoms with E-state index in [0.717, 1.165) is 5.01 Å². The van der Waals surface area contributed by atoms with Crippen LogP contribution < -0.4 is 9.47 Å². The van der Waals surface area contributed by atoms with Crippen LogP contribution in [0.4, 0.5) is 5.13 Å². The lowest BCUT2D eigenvalue weighted by Crippen LogP contribution is -2.23. The van der Waals surface area contributed by atoms with Gasteiger partial charge >= 0.3 is 0 Å². The summed E-state index contributed by atoms with van der Waals surface area (Å²) in [6.45, 7) is 1.84. The Bertz CT molecular complexity index is 898. The maximum absolute atomic E-state index is 12.5. The fraction of sp³-hybridized carbons (Fsp3) is 0.250. The van der Waals surface area contributed by atoms with Crippen LogP contribution in [0.2, 0.25) is 0 Å². The molecule has 1 aromatic carbocycles. The minimum absolute atomic E-state index is 0.0893. The number of rotatable bonds is 4. The van der Waals surface area contributed by atoms with Gasteiger partial charge in [-0.05, 0) is 42.5 Å². The molecule has 0 atom stereocenters. The number of carbonyl (C=O) groups excluding carboxylic acids is 1. The minimum atomic E-state index is -0.180. The van der Waals surface area contributed by atoms with Crippen LogP contribution >= 0.6 is 23.1 Å². The Hall–Kier alpha value is -2.59. The molecular weight excluding hydrogens is 376 g/mol. The molecule has 26 heavy (non-hydrogen) atoms. The number of phenols is 1. The van der Waals surface area contributed by atoms with Crippen molar-refractivity contribution in [2.75, 3.05) is 21.3 Å². The van der Waals surface area contributed by atoms with Crippen LogP contribution in [-0.2, 0) is 4.79 Å². The van der Waals surface area contributed by atoms with E-state index in [1.807, 2.05) is 6.92 Å². The number of nitrogens with zero attached hydrogens (tertiary/aromatic N) is 4. The molecule has 1 amide bonds. The fourth-order valence-corrected chi connectivity index (χ4v) is 3.80. The minimum Gasteiger partial charge on any atom is -0.502 e. The van der Waals surface area contributed by atoms with Crippen LogP contribution in [0.3, 0.4) is 0 Å². The monoisotopic (exact) mass is 392 g/mol. The van der Waals surface area contributed by atoms with Gasteiger partial charge in [0.15, 0.2) is 16.7 Å². The molecule has 2 heterocycles. The van der Waals surface area contributed by atoms with Crippen molar-refractivity contribution in [2.45, 2.75) is 6.92 Å². The Morgan fingerprint density at radius 3 is 2.42 bits per heavy atom. The molecule has 0 unspecified atom stereocenters. The fourth-order valence-electron chi connectivity index (χ4n) is 2.21. The quantitative estimate of drug-likeness (QED) is 0.799. The highest BCUT2D eigenvalue weighted by atomic mass is 32.2. The van der Waals surface area contributed by atoms with Gasteiger partial charge in [0.05, 0.1) is 19.1 Å². The van der Waals surface area contributed by atoms with E-state index >= 15 is 0 Å². The largest absolute Gasteiger partial charge is 0.502 e. The molecular formula is C16H16N4O4S2. The molecule has 136 valence electrons. The molecule has 1 fully saturated rings. The van der Waals surface area contributed by atoms with Crippen molar-refractivity contribution in [1.82, 2.24) is 15.1 Å². The lowest BCUT2D eigenvalue weighted by molar-refractivity contribution is -0.121. The van der Waals surface area contributed by atoms with E-state index in [2.05, 4.69) is 15.2 Å². The normalized spacial score (nSPS) is 17.4. The van der Waals surface area contributed by atoms with Gasteiger partial charge in [-0.25, -0.2) is 0 Å². The first-order valence-electron chi connectivity index (χ1n) is 7.44. The molecule has 1 aromatic heterocycles. The van der Waals surface area contributed by atoms with Crippen LogP contribution in [-0.4, -0.2) is 52.5 Å². The molecule has 0 aliphatic carbocycles. The van der Waals surface area contributed by atoms with Crippen LogP contribution in [0.1, 0.15) is 10.6 Å². The number of ether oxygens (including phenoxy) is 2. The highest BCUT2D eigenvalue weighted by Gasteiger charge is 2.31. The summed E-state index contributed by atoms with van der Waals surface area (Å²) in [5, 5.41) is 19.7. The number of amides is 1. The third-order valence-electron chi connectivity index (χ3n) is 3.51. The van der Waals surface area contributed by atoms with E-state index in [-0.39, 0.29) is 23.2 Å². The Balaban J connectivity index is 1.94. The Kier molecular flexibility index (Phi) is 5.14. The van der Waals surface area contributed by atoms with Gasteiger partial charge in [-0.1, -0.05) is 11.3 Å². The molecule has 0 bridgehead atoms. The van der Waals surface area contributed by atoms with Gasteiger partial charge in [-0.2, -0.15) is 4.99 Å². The van der Waals surface area contributed by atoms with Gasteiger partial charge in [0.2, 0.25) is 10.9 Å². The first-order chi connectivity index (χ1) is 12.4. The van der Waals surface area contributed by atoms with Crippen LogP contribution in [0.25, 0.3) is 6.08 Å². The number of aromatic hydroxyl groups is 1. The predicted molar refractivity (Wildman–Crippen MR) is 101 cm³/mol. The van der Waals surface area contributed by atoms with Crippen LogP contribution in [0.15, 0.2) is 22.0 Å². The standard InChI is InChI=1S/C16H16N4O4S2/c1-8-18-19-15(25-8)17-16-20(2)14(22)12(26-16)7-9-5-10(23-3)13(21)11(6-9)24-4/h5-7,21H,1-4H3/b12-7-,17-16+. The summed E-state index contributed by atoms with van der Waals surface area (Å²) < 4.78 is 10.3. The Morgan fingerprint density at radius 2 is 1.88 bits per heavy atom. The van der Waals surface area contributed by atoms with Gasteiger partial charge in [0.1, 0.15) is 5.01 Å². The summed E-state index contributed by atoms with van der Waals surface area (Å²) in [5.74, 6) is 0.256. The number of aliphatic imine (C=N–C) groups is 1. The number of hydrogen-bond acceptors (Lipinski definition) is 9. The average Bonchev–Trinajstić information content (AvgIpc) is 3.15. The maximum Gasteiger partial charge on any atom is 0.266 e. The van der Waals surface area contributed by atoms with Gasteiger partial charge in [-0.15, -0.1) is 10.2 Å². The highest BCUT2D eigenvalue weighted by Crippen LogP contribution is 2.39. The molecule has 1 aliphatic heterocycles. The molecule has 8 nitrogen and oxygen atoms in total. The molecule has 1 N–H and O–H groups in total. The van der Waals surface area contributed by atoms with Crippen molar-refractivity contribution >= 4 is 45.4 Å². The summed E-state index contributed by atoms with van der Waals surface area (Å²) in [6.07, 6.45) is 1.70. The van der Waals surface area contributed by atoms with Crippen molar-refractivity contribution in [3.8, 4) is 17.2 Å². The van der Waals surface area contributed by atoms with E-state index < -0.39 is 0 Å². The molecule has 0 spiro atoms. The molecule has 10 heteroatoms. The number of carbonyl (C=O) groups is 1. The number of amidine groups is 1. The average molecular weight is 392 g/mol. The number of likely N-dealkylation sites (N-methyl/N-ethyl adjacent to an activating group) is 1. The zero-order valence-electron chi connectivity index (χ0n) is 14.5. The van der Waals surface area contributed by atoms with Crippen molar-refractivity contribution < 1.29 is 19.4 Å². The van der Waals surface area contributed by atoms with Gasteiger partial charge in [-0.3, -0.25) is 9.69 Å². The molecule has 3 rings (SSSR count). The van der Waals surface area contributed by atoms with Gasteiger partial charge in [0, 0.05) is 7.05 Å². The predicted octanol–water partition coefficient (Wildman–Crippen LogP) is 2.80. The molecule has 0 saturated carbocycles. The molecule has 1 saturated heterocycles. The third kappa shape index (κ3) is 3.51. The van der Waals surface area contributed by atoms with Gasteiger partial charge in [0.25, 0.3) is 5.91 Å². The smallest absolute Gasteiger partial charge is 0.266 e. The summed E-state index contributed by atoms with van der Waals surface area (Å²) in [7, 11) is 4.55. The van der Waals surface area contributed by atoms with E-state index in [1.54, 1.807) is 25.3 Å².